The summed E-state index contributed by atoms with van der Waals surface area (Å²) < 4.78 is 119. The average Bonchev–Trinajstić information content (AvgIpc) is 3.85. The Balaban J connectivity index is 0.000000247. The van der Waals surface area contributed by atoms with Gasteiger partial charge in [0.25, 0.3) is 20.0 Å². The van der Waals surface area contributed by atoms with Gasteiger partial charge in [0.05, 0.1) is 72.6 Å². The molecule has 2 aliphatic heterocycles. The van der Waals surface area contributed by atoms with Crippen LogP contribution in [0.15, 0.2) is 46.7 Å². The molecular formula is C42H56F4N8O10S2. The third-order valence-electron chi connectivity index (χ3n) is 10.2. The second-order valence-electron chi connectivity index (χ2n) is 18.7. The molecule has 6 rings (SSSR count). The van der Waals surface area contributed by atoms with Gasteiger partial charge in [-0.15, -0.1) is 0 Å². The van der Waals surface area contributed by atoms with Crippen LogP contribution in [0.3, 0.4) is 0 Å². The number of carbonyl (C=O) groups is 2. The number of alkyl halides is 4. The van der Waals surface area contributed by atoms with Gasteiger partial charge in [-0.3, -0.25) is 28.2 Å². The lowest BCUT2D eigenvalue weighted by atomic mass is 9.97. The number of aliphatic hydroxyl groups excluding tert-OH is 2. The number of fused-ring (bicyclic) bond motifs is 2. The van der Waals surface area contributed by atoms with Gasteiger partial charge in [-0.2, -0.15) is 27.8 Å². The smallest absolute Gasteiger partial charge is 0.333 e. The molecule has 0 radical (unpaired) electrons. The number of halogens is 4. The first-order chi connectivity index (χ1) is 30.6. The van der Waals surface area contributed by atoms with E-state index in [1.165, 1.54) is 26.2 Å². The minimum atomic E-state index is -4.29. The van der Waals surface area contributed by atoms with Crippen LogP contribution < -0.4 is 8.61 Å². The maximum Gasteiger partial charge on any atom is 0.333 e. The van der Waals surface area contributed by atoms with E-state index in [0.29, 0.717) is 35.4 Å². The predicted molar refractivity (Wildman–Crippen MR) is 231 cm³/mol. The number of ether oxygens (including phenoxy) is 2. The van der Waals surface area contributed by atoms with Crippen molar-refractivity contribution >= 4 is 43.4 Å². The molecule has 0 saturated heterocycles. The molecule has 24 heteroatoms. The molecule has 18 nitrogen and oxygen atoms in total. The third-order valence-corrected chi connectivity index (χ3v) is 13.9. The number of hydrogen-bond acceptors (Lipinski definition) is 14. The van der Waals surface area contributed by atoms with Crippen LogP contribution in [0.2, 0.25) is 0 Å². The van der Waals surface area contributed by atoms with E-state index in [9.17, 15) is 54.2 Å². The van der Waals surface area contributed by atoms with Crippen LogP contribution in [0.25, 0.3) is 0 Å². The van der Waals surface area contributed by atoms with Gasteiger partial charge in [-0.25, -0.2) is 26.2 Å². The molecule has 2 N–H and O–H groups in total. The first-order valence-corrected chi connectivity index (χ1v) is 23.7. The van der Waals surface area contributed by atoms with Crippen molar-refractivity contribution < 1.29 is 63.7 Å². The second kappa shape index (κ2) is 20.3. The summed E-state index contributed by atoms with van der Waals surface area (Å²) in [6.07, 6.45) is 5.00. The van der Waals surface area contributed by atoms with Gasteiger partial charge in [-0.05, 0) is 60.8 Å². The quantitative estimate of drug-likeness (QED) is 0.126. The topological polar surface area (TPSA) is 229 Å². The van der Waals surface area contributed by atoms with Crippen LogP contribution >= 0.6 is 0 Å². The summed E-state index contributed by atoms with van der Waals surface area (Å²) in [6.45, 7) is 8.06. The molecule has 0 aliphatic carbocycles. The zero-order valence-corrected chi connectivity index (χ0v) is 39.5. The SMILES string of the molecule is Cc1nn(C(F)F)cc1S(=O)(=O)N1C[C@@H](CO)Cc2ncc(CC(=O)OCC(C)(C)C)cc21.Cc1nn(C(F)F)cc1S(=O)(=O)N1C[C@H](CO)Cc2ncc(CC(=O)OCC(C)(C)C)cc21. The Bertz CT molecular complexity index is 2430. The standard InChI is InChI=1S/2C21H28F2N4O5S/c2*1-13-18(10-26(25-13)20(22)23)33(30,31)27-9-15(11-28)5-16-17(27)6-14(8-24-16)7-19(29)32-12-21(2,3)4/h2*6,8,10,15,20,28H,5,7,9,11-12H2,1-4H3/t2*15-/m10/s1. The first kappa shape index (κ1) is 51.8. The molecule has 2 atom stereocenters. The fraction of sp³-hybridized carbons (Fsp3) is 0.571. The summed E-state index contributed by atoms with van der Waals surface area (Å²) in [5.74, 6) is -1.79. The summed E-state index contributed by atoms with van der Waals surface area (Å²) in [5.41, 5.74) is 1.70. The minimum Gasteiger partial charge on any atom is -0.465 e. The van der Waals surface area contributed by atoms with Gasteiger partial charge < -0.3 is 19.7 Å². The Labute approximate surface area is 381 Å². The molecule has 0 fully saturated rings. The van der Waals surface area contributed by atoms with E-state index in [4.69, 9.17) is 9.47 Å². The number of carbonyl (C=O) groups excluding carboxylic acids is 2. The Hall–Kier alpha value is -5.20. The summed E-state index contributed by atoms with van der Waals surface area (Å²) in [5, 5.41) is 26.5. The molecule has 0 unspecified atom stereocenters. The van der Waals surface area contributed by atoms with E-state index < -0.39 is 56.9 Å². The van der Waals surface area contributed by atoms with Gasteiger partial charge >= 0.3 is 25.0 Å². The van der Waals surface area contributed by atoms with Crippen LogP contribution in [-0.4, -0.2) is 108 Å². The van der Waals surface area contributed by atoms with E-state index >= 15 is 0 Å². The summed E-state index contributed by atoms with van der Waals surface area (Å²) >= 11 is 0. The van der Waals surface area contributed by atoms with Gasteiger partial charge in [0.15, 0.2) is 0 Å². The molecule has 0 spiro atoms. The van der Waals surface area contributed by atoms with E-state index in [1.54, 1.807) is 12.1 Å². The molecule has 0 aromatic carbocycles. The average molecular weight is 973 g/mol. The highest BCUT2D eigenvalue weighted by atomic mass is 32.2. The molecule has 4 aromatic heterocycles. The first-order valence-electron chi connectivity index (χ1n) is 20.8. The maximum absolute atomic E-state index is 13.4. The molecule has 4 aromatic rings. The van der Waals surface area contributed by atoms with E-state index in [-0.39, 0.29) is 105 Å². The van der Waals surface area contributed by atoms with Gasteiger partial charge in [0.2, 0.25) is 0 Å². The molecule has 66 heavy (non-hydrogen) atoms. The van der Waals surface area contributed by atoms with E-state index in [0.717, 1.165) is 21.0 Å². The van der Waals surface area contributed by atoms with Gasteiger partial charge in [-0.1, -0.05) is 41.5 Å². The van der Waals surface area contributed by atoms with Crippen molar-refractivity contribution in [3.8, 4) is 0 Å². The van der Waals surface area contributed by atoms with Crippen molar-refractivity contribution in [3.63, 3.8) is 0 Å². The van der Waals surface area contributed by atoms with Gasteiger partial charge in [0.1, 0.15) is 9.79 Å². The van der Waals surface area contributed by atoms with Crippen LogP contribution in [0, 0.1) is 36.5 Å². The Morgan fingerprint density at radius 3 is 1.32 bits per heavy atom. The third kappa shape index (κ3) is 12.6. The predicted octanol–water partition coefficient (Wildman–Crippen LogP) is 4.95. The largest absolute Gasteiger partial charge is 0.465 e. The number of hydrogen-bond donors (Lipinski definition) is 2. The number of anilines is 2. The van der Waals surface area contributed by atoms with Crippen LogP contribution in [0.4, 0.5) is 28.9 Å². The molecular weight excluding hydrogens is 917 g/mol. The highest BCUT2D eigenvalue weighted by Crippen LogP contribution is 2.37. The van der Waals surface area contributed by atoms with Crippen LogP contribution in [0.5, 0.6) is 0 Å². The summed E-state index contributed by atoms with van der Waals surface area (Å²) in [6, 6.07) is 3.08. The number of pyridine rings is 2. The normalized spacial score (nSPS) is 16.7. The zero-order valence-electron chi connectivity index (χ0n) is 37.9. The fourth-order valence-electron chi connectivity index (χ4n) is 6.93. The second-order valence-corrected chi connectivity index (χ2v) is 22.3. The lowest BCUT2D eigenvalue weighted by Crippen LogP contribution is -2.41. The monoisotopic (exact) mass is 972 g/mol. The minimum absolute atomic E-state index is 0.0647. The Morgan fingerprint density at radius 1 is 0.682 bits per heavy atom. The van der Waals surface area contributed by atoms with Crippen molar-refractivity contribution in [2.45, 2.75) is 104 Å². The number of aryl methyl sites for hydroxylation is 2. The number of nitrogens with zero attached hydrogens (tertiary/aromatic N) is 8. The van der Waals surface area contributed by atoms with Crippen LogP contribution in [0.1, 0.15) is 88.5 Å². The molecule has 2 aliphatic rings. The number of sulfonamides is 2. The van der Waals surface area contributed by atoms with E-state index in [1.807, 2.05) is 41.5 Å². The number of esters is 2. The van der Waals surface area contributed by atoms with Crippen molar-refractivity contribution in [2.24, 2.45) is 22.7 Å². The van der Waals surface area contributed by atoms with Crippen molar-refractivity contribution in [1.29, 1.82) is 0 Å². The molecule has 0 bridgehead atoms. The summed E-state index contributed by atoms with van der Waals surface area (Å²) in [7, 11) is -8.57. The molecule has 0 saturated carbocycles. The van der Waals surface area contributed by atoms with Crippen molar-refractivity contribution in [1.82, 2.24) is 29.5 Å². The fourth-order valence-corrected chi connectivity index (χ4v) is 10.4. The van der Waals surface area contributed by atoms with Crippen LogP contribution in [-0.2, 0) is 64.8 Å². The molecule has 6 heterocycles. The van der Waals surface area contributed by atoms with E-state index in [2.05, 4.69) is 20.2 Å². The Kier molecular flexibility index (Phi) is 16.0. The maximum atomic E-state index is 13.4. The van der Waals surface area contributed by atoms with Crippen molar-refractivity contribution in [2.75, 3.05) is 48.1 Å². The number of aromatic nitrogens is 6. The number of rotatable bonds is 14. The Morgan fingerprint density at radius 2 is 1.03 bits per heavy atom. The lowest BCUT2D eigenvalue weighted by molar-refractivity contribution is -0.146. The molecule has 0 amide bonds. The lowest BCUT2D eigenvalue weighted by Gasteiger charge is -2.34. The zero-order chi connectivity index (χ0) is 49.1. The molecule has 364 valence electrons. The highest BCUT2D eigenvalue weighted by Gasteiger charge is 2.38. The highest BCUT2D eigenvalue weighted by molar-refractivity contribution is 7.93. The number of aliphatic hydroxyl groups is 2. The van der Waals surface area contributed by atoms with Gasteiger partial charge in [0, 0.05) is 50.5 Å². The van der Waals surface area contributed by atoms with Crippen molar-refractivity contribution in [3.05, 3.63) is 70.8 Å². The summed E-state index contributed by atoms with van der Waals surface area (Å²) in [4.78, 5) is 32.4.